The Morgan fingerprint density at radius 2 is 2.20 bits per heavy atom. The maximum atomic E-state index is 10.4. The smallest absolute Gasteiger partial charge is 0.170 e. The summed E-state index contributed by atoms with van der Waals surface area (Å²) in [5.41, 5.74) is 1.56. The van der Waals surface area contributed by atoms with Crippen molar-refractivity contribution >= 4 is 6.29 Å². The van der Waals surface area contributed by atoms with Gasteiger partial charge in [0.25, 0.3) is 0 Å². The van der Waals surface area contributed by atoms with Crippen LogP contribution in [0.5, 0.6) is 0 Å². The SMILES string of the molecule is O=Cc1cc(CCN2CCCCC2)[nH]n1. The fraction of sp³-hybridized carbons (Fsp3) is 0.636. The van der Waals surface area contributed by atoms with Gasteiger partial charge in [-0.3, -0.25) is 9.89 Å². The van der Waals surface area contributed by atoms with E-state index >= 15 is 0 Å². The largest absolute Gasteiger partial charge is 0.303 e. The van der Waals surface area contributed by atoms with Gasteiger partial charge in [0.15, 0.2) is 6.29 Å². The molecule has 1 aliphatic heterocycles. The van der Waals surface area contributed by atoms with Crippen LogP contribution >= 0.6 is 0 Å². The molecule has 4 nitrogen and oxygen atoms in total. The average molecular weight is 207 g/mol. The summed E-state index contributed by atoms with van der Waals surface area (Å²) in [4.78, 5) is 12.9. The van der Waals surface area contributed by atoms with Gasteiger partial charge in [-0.1, -0.05) is 6.42 Å². The zero-order valence-electron chi connectivity index (χ0n) is 8.91. The number of H-pyrrole nitrogens is 1. The number of hydrogen-bond donors (Lipinski definition) is 1. The van der Waals surface area contributed by atoms with Crippen LogP contribution in [0.4, 0.5) is 0 Å². The molecular formula is C11H17N3O. The van der Waals surface area contributed by atoms with Crippen molar-refractivity contribution in [2.75, 3.05) is 19.6 Å². The molecule has 0 bridgehead atoms. The molecular weight excluding hydrogens is 190 g/mol. The number of piperidine rings is 1. The van der Waals surface area contributed by atoms with Crippen molar-refractivity contribution < 1.29 is 4.79 Å². The summed E-state index contributed by atoms with van der Waals surface area (Å²) < 4.78 is 0. The zero-order chi connectivity index (χ0) is 10.5. The quantitative estimate of drug-likeness (QED) is 0.756. The van der Waals surface area contributed by atoms with Crippen molar-refractivity contribution in [2.45, 2.75) is 25.7 Å². The van der Waals surface area contributed by atoms with E-state index < -0.39 is 0 Å². The van der Waals surface area contributed by atoms with E-state index in [4.69, 9.17) is 0 Å². The molecule has 1 aromatic heterocycles. The third-order valence-electron chi connectivity index (χ3n) is 2.92. The Hall–Kier alpha value is -1.16. The first-order chi connectivity index (χ1) is 7.38. The fourth-order valence-corrected chi connectivity index (χ4v) is 2.03. The van der Waals surface area contributed by atoms with Crippen LogP contribution in [-0.4, -0.2) is 41.0 Å². The van der Waals surface area contributed by atoms with Crippen molar-refractivity contribution in [3.8, 4) is 0 Å². The lowest BCUT2D eigenvalue weighted by Gasteiger charge is -2.25. The highest BCUT2D eigenvalue weighted by atomic mass is 16.1. The van der Waals surface area contributed by atoms with Crippen LogP contribution in [0.3, 0.4) is 0 Å². The number of carbonyl (C=O) groups excluding carboxylic acids is 1. The molecule has 0 radical (unpaired) electrons. The first kappa shape index (κ1) is 10.4. The normalized spacial score (nSPS) is 17.9. The Labute approximate surface area is 89.7 Å². The van der Waals surface area contributed by atoms with Crippen molar-refractivity contribution in [2.24, 2.45) is 0 Å². The summed E-state index contributed by atoms with van der Waals surface area (Å²) >= 11 is 0. The summed E-state index contributed by atoms with van der Waals surface area (Å²) in [7, 11) is 0. The Kier molecular flexibility index (Phi) is 3.50. The first-order valence-corrected chi connectivity index (χ1v) is 5.60. The van der Waals surface area contributed by atoms with E-state index in [-0.39, 0.29) is 0 Å². The molecule has 0 aliphatic carbocycles. The van der Waals surface area contributed by atoms with Crippen LogP contribution in [0.1, 0.15) is 35.4 Å². The molecule has 0 atom stereocenters. The molecule has 0 aromatic carbocycles. The van der Waals surface area contributed by atoms with Gasteiger partial charge in [-0.2, -0.15) is 5.10 Å². The maximum absolute atomic E-state index is 10.4. The molecule has 1 saturated heterocycles. The second-order valence-corrected chi connectivity index (χ2v) is 4.09. The fourth-order valence-electron chi connectivity index (χ4n) is 2.03. The molecule has 1 N–H and O–H groups in total. The van der Waals surface area contributed by atoms with Gasteiger partial charge in [0, 0.05) is 18.7 Å². The number of nitrogens with zero attached hydrogens (tertiary/aromatic N) is 2. The van der Waals surface area contributed by atoms with Gasteiger partial charge in [-0.15, -0.1) is 0 Å². The Morgan fingerprint density at radius 1 is 1.40 bits per heavy atom. The highest BCUT2D eigenvalue weighted by Crippen LogP contribution is 2.09. The predicted octanol–water partition coefficient (Wildman–Crippen LogP) is 1.25. The standard InChI is InChI=1S/C11H17N3O/c15-9-11-8-10(12-13-11)4-7-14-5-2-1-3-6-14/h8-9H,1-7H2,(H,12,13). The maximum Gasteiger partial charge on any atom is 0.170 e. The highest BCUT2D eigenvalue weighted by Gasteiger charge is 2.10. The molecule has 0 saturated carbocycles. The van der Waals surface area contributed by atoms with E-state index in [2.05, 4.69) is 15.1 Å². The Balaban J connectivity index is 1.79. The lowest BCUT2D eigenvalue weighted by atomic mass is 10.1. The minimum atomic E-state index is 0.503. The molecule has 15 heavy (non-hydrogen) atoms. The third kappa shape index (κ3) is 2.89. The molecule has 0 amide bonds. The van der Waals surface area contributed by atoms with E-state index in [1.54, 1.807) is 0 Å². The van der Waals surface area contributed by atoms with Crippen molar-refractivity contribution in [3.05, 3.63) is 17.5 Å². The topological polar surface area (TPSA) is 49.0 Å². The first-order valence-electron chi connectivity index (χ1n) is 5.60. The molecule has 0 unspecified atom stereocenters. The Bertz CT molecular complexity index is 315. The van der Waals surface area contributed by atoms with Gasteiger partial charge in [0.1, 0.15) is 5.69 Å². The molecule has 82 valence electrons. The van der Waals surface area contributed by atoms with Gasteiger partial charge < -0.3 is 4.90 Å². The summed E-state index contributed by atoms with van der Waals surface area (Å²) in [5, 5.41) is 6.78. The average Bonchev–Trinajstić information content (AvgIpc) is 2.76. The van der Waals surface area contributed by atoms with Gasteiger partial charge in [0.05, 0.1) is 0 Å². The van der Waals surface area contributed by atoms with Gasteiger partial charge >= 0.3 is 0 Å². The third-order valence-corrected chi connectivity index (χ3v) is 2.92. The number of carbonyl (C=O) groups is 1. The van der Waals surface area contributed by atoms with E-state index in [1.807, 2.05) is 6.07 Å². The molecule has 0 spiro atoms. The van der Waals surface area contributed by atoms with Gasteiger partial charge in [-0.25, -0.2) is 0 Å². The molecule has 4 heteroatoms. The van der Waals surface area contributed by atoms with Crippen molar-refractivity contribution in [3.63, 3.8) is 0 Å². The zero-order valence-corrected chi connectivity index (χ0v) is 8.91. The molecule has 1 aromatic rings. The van der Waals surface area contributed by atoms with Crippen LogP contribution in [0.2, 0.25) is 0 Å². The number of aromatic amines is 1. The minimum Gasteiger partial charge on any atom is -0.303 e. The van der Waals surface area contributed by atoms with E-state index in [9.17, 15) is 4.79 Å². The van der Waals surface area contributed by atoms with Crippen LogP contribution in [-0.2, 0) is 6.42 Å². The number of hydrogen-bond acceptors (Lipinski definition) is 3. The number of likely N-dealkylation sites (tertiary alicyclic amines) is 1. The predicted molar refractivity (Wildman–Crippen MR) is 58.0 cm³/mol. The van der Waals surface area contributed by atoms with Gasteiger partial charge in [-0.05, 0) is 32.0 Å². The van der Waals surface area contributed by atoms with Crippen LogP contribution < -0.4 is 0 Å². The van der Waals surface area contributed by atoms with E-state index in [0.717, 1.165) is 24.9 Å². The second-order valence-electron chi connectivity index (χ2n) is 4.09. The molecule has 1 aliphatic rings. The summed E-state index contributed by atoms with van der Waals surface area (Å²) in [6.45, 7) is 3.50. The van der Waals surface area contributed by atoms with Crippen molar-refractivity contribution in [1.82, 2.24) is 15.1 Å². The molecule has 2 heterocycles. The summed E-state index contributed by atoms with van der Waals surface area (Å²) in [6, 6.07) is 1.83. The molecule has 2 rings (SSSR count). The van der Waals surface area contributed by atoms with Crippen LogP contribution in [0.25, 0.3) is 0 Å². The van der Waals surface area contributed by atoms with E-state index in [0.29, 0.717) is 5.69 Å². The number of nitrogens with one attached hydrogen (secondary N) is 1. The summed E-state index contributed by atoms with van der Waals surface area (Å²) in [5.74, 6) is 0. The number of aldehydes is 1. The second kappa shape index (κ2) is 5.07. The monoisotopic (exact) mass is 207 g/mol. The van der Waals surface area contributed by atoms with Crippen LogP contribution in [0, 0.1) is 0 Å². The minimum absolute atomic E-state index is 0.503. The van der Waals surface area contributed by atoms with E-state index in [1.165, 1.54) is 32.4 Å². The van der Waals surface area contributed by atoms with Crippen molar-refractivity contribution in [1.29, 1.82) is 0 Å². The van der Waals surface area contributed by atoms with Gasteiger partial charge in [0.2, 0.25) is 0 Å². The highest BCUT2D eigenvalue weighted by molar-refractivity contribution is 5.71. The Morgan fingerprint density at radius 3 is 2.87 bits per heavy atom. The van der Waals surface area contributed by atoms with Crippen LogP contribution in [0.15, 0.2) is 6.07 Å². The lowest BCUT2D eigenvalue weighted by Crippen LogP contribution is -2.31. The number of aromatic nitrogens is 2. The summed E-state index contributed by atoms with van der Waals surface area (Å²) in [6.07, 6.45) is 5.75. The lowest BCUT2D eigenvalue weighted by molar-refractivity contribution is 0.111. The number of rotatable bonds is 4. The molecule has 1 fully saturated rings.